The second kappa shape index (κ2) is 6.41. The average Bonchev–Trinajstić information content (AvgIpc) is 3.08. The number of benzene rings is 1. The Morgan fingerprint density at radius 1 is 1.19 bits per heavy atom. The van der Waals surface area contributed by atoms with Crippen LogP contribution in [0.4, 0.5) is 4.39 Å². The van der Waals surface area contributed by atoms with Crippen LogP contribution in [0.5, 0.6) is 0 Å². The highest BCUT2D eigenvalue weighted by molar-refractivity contribution is 7.80. The molecule has 0 aromatic heterocycles. The van der Waals surface area contributed by atoms with Crippen molar-refractivity contribution in [2.24, 2.45) is 11.7 Å². The van der Waals surface area contributed by atoms with E-state index in [4.69, 9.17) is 18.0 Å². The number of likely N-dealkylation sites (tertiary alicyclic amines) is 1. The molecule has 1 aromatic carbocycles. The lowest BCUT2D eigenvalue weighted by Gasteiger charge is -2.29. The number of nitrogens with two attached hydrogens (primary N) is 1. The van der Waals surface area contributed by atoms with Crippen LogP contribution in [0.15, 0.2) is 18.2 Å². The predicted octanol–water partition coefficient (Wildman–Crippen LogP) is 3.61. The molecule has 2 fully saturated rings. The van der Waals surface area contributed by atoms with Gasteiger partial charge in [0.2, 0.25) is 0 Å². The first-order chi connectivity index (χ1) is 10.1. The molecule has 114 valence electrons. The number of rotatable bonds is 4. The molecular weight excluding hydrogens is 283 g/mol. The SMILES string of the molecule is NC(=S)c1cc(F)cc(CN2CCCC2C2CCCC2)c1. The van der Waals surface area contributed by atoms with Crippen molar-refractivity contribution in [3.05, 3.63) is 35.1 Å². The van der Waals surface area contributed by atoms with E-state index in [1.54, 1.807) is 6.07 Å². The summed E-state index contributed by atoms with van der Waals surface area (Å²) in [5, 5.41) is 0. The summed E-state index contributed by atoms with van der Waals surface area (Å²) in [6.07, 6.45) is 8.03. The first-order valence-corrected chi connectivity index (χ1v) is 8.37. The Morgan fingerprint density at radius 2 is 1.95 bits per heavy atom. The van der Waals surface area contributed by atoms with E-state index in [1.165, 1.54) is 44.6 Å². The Hall–Kier alpha value is -1.00. The molecule has 0 spiro atoms. The third-order valence-electron chi connectivity index (χ3n) is 4.99. The molecule has 1 aromatic rings. The molecule has 21 heavy (non-hydrogen) atoms. The van der Waals surface area contributed by atoms with Crippen molar-refractivity contribution in [1.82, 2.24) is 4.90 Å². The van der Waals surface area contributed by atoms with Crippen LogP contribution in [-0.2, 0) is 6.54 Å². The van der Waals surface area contributed by atoms with Crippen molar-refractivity contribution in [2.75, 3.05) is 6.54 Å². The van der Waals surface area contributed by atoms with Gasteiger partial charge in [-0.15, -0.1) is 0 Å². The van der Waals surface area contributed by atoms with E-state index in [9.17, 15) is 4.39 Å². The first-order valence-electron chi connectivity index (χ1n) is 7.97. The fraction of sp³-hybridized carbons (Fsp3) is 0.588. The third kappa shape index (κ3) is 3.43. The summed E-state index contributed by atoms with van der Waals surface area (Å²) in [6.45, 7) is 1.94. The van der Waals surface area contributed by atoms with Crippen LogP contribution >= 0.6 is 12.2 Å². The average molecular weight is 306 g/mol. The van der Waals surface area contributed by atoms with Gasteiger partial charge in [-0.1, -0.05) is 25.1 Å². The molecule has 2 aliphatic rings. The highest BCUT2D eigenvalue weighted by atomic mass is 32.1. The molecule has 0 bridgehead atoms. The summed E-state index contributed by atoms with van der Waals surface area (Å²) in [6, 6.07) is 5.66. The summed E-state index contributed by atoms with van der Waals surface area (Å²) in [5.41, 5.74) is 7.26. The van der Waals surface area contributed by atoms with Gasteiger partial charge in [-0.2, -0.15) is 0 Å². The molecule has 1 aliphatic carbocycles. The standard InChI is InChI=1S/C17H23FN2S/c18-15-9-12(8-14(10-15)17(19)21)11-20-7-3-6-16(20)13-4-1-2-5-13/h8-10,13,16H,1-7,11H2,(H2,19,21). The smallest absolute Gasteiger partial charge is 0.124 e. The Balaban J connectivity index is 1.74. The Bertz CT molecular complexity index is 526. The zero-order valence-corrected chi connectivity index (χ0v) is 13.2. The third-order valence-corrected chi connectivity index (χ3v) is 5.22. The Morgan fingerprint density at radius 3 is 2.67 bits per heavy atom. The lowest BCUT2D eigenvalue weighted by Crippen LogP contribution is -2.34. The van der Waals surface area contributed by atoms with E-state index >= 15 is 0 Å². The molecule has 1 unspecified atom stereocenters. The van der Waals surface area contributed by atoms with Gasteiger partial charge in [-0.25, -0.2) is 4.39 Å². The molecule has 3 rings (SSSR count). The van der Waals surface area contributed by atoms with Crippen LogP contribution in [0, 0.1) is 11.7 Å². The van der Waals surface area contributed by atoms with Crippen LogP contribution in [0.3, 0.4) is 0 Å². The molecule has 2 nitrogen and oxygen atoms in total. The molecule has 0 radical (unpaired) electrons. The lowest BCUT2D eigenvalue weighted by atomic mass is 9.95. The van der Waals surface area contributed by atoms with E-state index in [2.05, 4.69) is 4.90 Å². The topological polar surface area (TPSA) is 29.3 Å². The summed E-state index contributed by atoms with van der Waals surface area (Å²) in [7, 11) is 0. The molecule has 1 heterocycles. The highest BCUT2D eigenvalue weighted by Gasteiger charge is 2.33. The Labute approximate surface area is 131 Å². The molecule has 2 N–H and O–H groups in total. The van der Waals surface area contributed by atoms with Crippen molar-refractivity contribution in [2.45, 2.75) is 51.1 Å². The summed E-state index contributed by atoms with van der Waals surface area (Å²) < 4.78 is 13.7. The molecule has 1 atom stereocenters. The fourth-order valence-corrected chi connectivity index (χ4v) is 4.16. The second-order valence-corrected chi connectivity index (χ2v) is 6.88. The van der Waals surface area contributed by atoms with Gasteiger partial charge in [-0.3, -0.25) is 4.90 Å². The van der Waals surface area contributed by atoms with E-state index in [-0.39, 0.29) is 10.8 Å². The van der Waals surface area contributed by atoms with Gasteiger partial charge in [0.05, 0.1) is 0 Å². The number of halogens is 1. The normalized spacial score (nSPS) is 23.8. The largest absolute Gasteiger partial charge is 0.389 e. The minimum atomic E-state index is -0.244. The van der Waals surface area contributed by atoms with Crippen LogP contribution in [0.25, 0.3) is 0 Å². The van der Waals surface area contributed by atoms with Gasteiger partial charge < -0.3 is 5.73 Å². The molecular formula is C17H23FN2S. The number of hydrogen-bond acceptors (Lipinski definition) is 2. The van der Waals surface area contributed by atoms with Crippen LogP contribution in [-0.4, -0.2) is 22.5 Å². The van der Waals surface area contributed by atoms with Crippen molar-refractivity contribution in [3.63, 3.8) is 0 Å². The van der Waals surface area contributed by atoms with Gasteiger partial charge in [0, 0.05) is 18.2 Å². The van der Waals surface area contributed by atoms with E-state index < -0.39 is 0 Å². The number of hydrogen-bond donors (Lipinski definition) is 1. The quantitative estimate of drug-likeness (QED) is 0.862. The summed E-state index contributed by atoms with van der Waals surface area (Å²) in [4.78, 5) is 2.80. The maximum absolute atomic E-state index is 13.7. The summed E-state index contributed by atoms with van der Waals surface area (Å²) >= 11 is 4.97. The van der Waals surface area contributed by atoms with Gasteiger partial charge in [-0.05, 0) is 61.9 Å². The second-order valence-electron chi connectivity index (χ2n) is 6.44. The maximum atomic E-state index is 13.7. The minimum absolute atomic E-state index is 0.244. The molecule has 1 aliphatic heterocycles. The molecule has 1 saturated heterocycles. The van der Waals surface area contributed by atoms with E-state index in [0.29, 0.717) is 11.6 Å². The van der Waals surface area contributed by atoms with Gasteiger partial charge in [0.15, 0.2) is 0 Å². The number of nitrogens with zero attached hydrogens (tertiary/aromatic N) is 1. The van der Waals surface area contributed by atoms with Crippen molar-refractivity contribution in [3.8, 4) is 0 Å². The van der Waals surface area contributed by atoms with Crippen molar-refractivity contribution in [1.29, 1.82) is 0 Å². The zero-order valence-electron chi connectivity index (χ0n) is 12.4. The lowest BCUT2D eigenvalue weighted by molar-refractivity contribution is 0.183. The van der Waals surface area contributed by atoms with E-state index in [0.717, 1.165) is 24.6 Å². The highest BCUT2D eigenvalue weighted by Crippen LogP contribution is 2.36. The molecule has 1 saturated carbocycles. The van der Waals surface area contributed by atoms with Gasteiger partial charge >= 0.3 is 0 Å². The number of thiocarbonyl (C=S) groups is 1. The minimum Gasteiger partial charge on any atom is -0.389 e. The van der Waals surface area contributed by atoms with E-state index in [1.807, 2.05) is 6.07 Å². The van der Waals surface area contributed by atoms with Gasteiger partial charge in [0.25, 0.3) is 0 Å². The fourth-order valence-electron chi connectivity index (χ4n) is 4.04. The van der Waals surface area contributed by atoms with Crippen molar-refractivity contribution < 1.29 is 4.39 Å². The van der Waals surface area contributed by atoms with Crippen LogP contribution in [0.1, 0.15) is 49.7 Å². The summed E-state index contributed by atoms with van der Waals surface area (Å²) in [5.74, 6) is 0.600. The van der Waals surface area contributed by atoms with Crippen LogP contribution < -0.4 is 5.73 Å². The molecule has 0 amide bonds. The maximum Gasteiger partial charge on any atom is 0.124 e. The van der Waals surface area contributed by atoms with Gasteiger partial charge in [0.1, 0.15) is 10.8 Å². The van der Waals surface area contributed by atoms with Crippen LogP contribution in [0.2, 0.25) is 0 Å². The Kier molecular flexibility index (Phi) is 4.55. The monoisotopic (exact) mass is 306 g/mol. The zero-order chi connectivity index (χ0) is 14.8. The predicted molar refractivity (Wildman–Crippen MR) is 87.7 cm³/mol. The molecule has 4 heteroatoms. The first kappa shape index (κ1) is 14.9. The van der Waals surface area contributed by atoms with Crippen molar-refractivity contribution >= 4 is 17.2 Å².